The van der Waals surface area contributed by atoms with E-state index in [4.69, 9.17) is 8.53 Å². The van der Waals surface area contributed by atoms with Crippen molar-refractivity contribution in [3.8, 4) is 0 Å². The fourth-order valence-corrected chi connectivity index (χ4v) is 12.8. The molecule has 5 nitrogen and oxygen atoms in total. The van der Waals surface area contributed by atoms with Crippen molar-refractivity contribution < 1.29 is 31.8 Å². The maximum atomic E-state index is 11.4. The molecule has 77 heavy (non-hydrogen) atoms. The largest absolute Gasteiger partial charge is 0.461 e. The number of para-hydroxylation sites is 2. The Hall–Kier alpha value is -6.66. The van der Waals surface area contributed by atoms with Gasteiger partial charge in [-0.3, -0.25) is 0 Å². The van der Waals surface area contributed by atoms with E-state index in [-0.39, 0.29) is 148 Å². The van der Waals surface area contributed by atoms with Gasteiger partial charge in [0, 0.05) is 96.5 Å². The number of hydrogen-bond donors (Lipinski definition) is 0. The van der Waals surface area contributed by atoms with Gasteiger partial charge in [-0.15, -0.1) is 0 Å². The summed E-state index contributed by atoms with van der Waals surface area (Å²) in [4.78, 5) is 6.12. The van der Waals surface area contributed by atoms with Gasteiger partial charge in [-0.05, 0) is 162 Å². The molecule has 0 N–H and O–H groups in total. The molecule has 1 aromatic heterocycles. The second-order valence-electron chi connectivity index (χ2n) is 27.1. The topological polar surface area (TPSA) is 26.1 Å². The molecular formula is C71H79BN4O. The van der Waals surface area contributed by atoms with Crippen molar-refractivity contribution in [2.75, 3.05) is 19.6 Å². The summed E-state index contributed by atoms with van der Waals surface area (Å²) in [6.45, 7) is 31.5. The van der Waals surface area contributed by atoms with Crippen LogP contribution >= 0.6 is 0 Å². The second-order valence-corrected chi connectivity index (χ2v) is 27.1. The molecule has 0 spiro atoms. The summed E-state index contributed by atoms with van der Waals surface area (Å²) < 4.78 is 208. The number of anilines is 10. The zero-order valence-electron chi connectivity index (χ0n) is 67.8. The number of fused-ring (bicyclic) bond motifs is 9. The molecule has 0 saturated heterocycles. The Morgan fingerprint density at radius 3 is 1.61 bits per heavy atom. The minimum Gasteiger partial charge on any atom is -0.461 e. The lowest BCUT2D eigenvalue weighted by atomic mass is 9.33. The molecule has 5 aliphatic rings. The summed E-state index contributed by atoms with van der Waals surface area (Å²) in [6, 6.07) is -6.84. The number of nitrogens with zero attached hydrogens (tertiary/aromatic N) is 4. The molecule has 392 valence electrons. The fourth-order valence-electron chi connectivity index (χ4n) is 12.8. The van der Waals surface area contributed by atoms with Crippen LogP contribution in [-0.4, -0.2) is 17.8 Å². The average molecular weight is 1040 g/mol. The third-order valence-electron chi connectivity index (χ3n) is 18.3. The van der Waals surface area contributed by atoms with Crippen LogP contribution in [0, 0.1) is 19.3 Å². The molecule has 7 aromatic carbocycles. The first-order valence-electron chi connectivity index (χ1n) is 36.9. The Morgan fingerprint density at radius 1 is 0.506 bits per heavy atom. The third kappa shape index (κ3) is 6.85. The normalized spacial score (nSPS) is 22.4. The molecule has 0 fully saturated rings. The van der Waals surface area contributed by atoms with Crippen LogP contribution in [0.3, 0.4) is 0 Å². The van der Waals surface area contributed by atoms with E-state index >= 15 is 0 Å². The van der Waals surface area contributed by atoms with Crippen LogP contribution in [0.1, 0.15) is 183 Å². The van der Waals surface area contributed by atoms with Crippen molar-refractivity contribution in [2.45, 2.75) is 170 Å². The zero-order valence-corrected chi connectivity index (χ0v) is 47.8. The minimum atomic E-state index is -1.57. The minimum absolute atomic E-state index is 0.0180. The highest BCUT2D eigenvalue weighted by molar-refractivity contribution is 7.00. The molecule has 5 heterocycles. The lowest BCUT2D eigenvalue weighted by molar-refractivity contribution is 0.330. The predicted octanol–water partition coefficient (Wildman–Crippen LogP) is 17.3. The Morgan fingerprint density at radius 2 is 1.04 bits per heavy atom. The summed E-state index contributed by atoms with van der Waals surface area (Å²) in [5.74, 6) is 0.512. The number of benzene rings is 7. The van der Waals surface area contributed by atoms with Gasteiger partial charge in [-0.1, -0.05) is 156 Å². The highest BCUT2D eigenvalue weighted by atomic mass is 16.3. The molecule has 0 radical (unpaired) electrons. The van der Waals surface area contributed by atoms with Crippen LogP contribution in [0.2, 0.25) is 0 Å². The third-order valence-corrected chi connectivity index (χ3v) is 18.3. The lowest BCUT2D eigenvalue weighted by Gasteiger charge is -2.48. The van der Waals surface area contributed by atoms with Crippen LogP contribution < -0.4 is 36.0 Å². The number of furan rings is 1. The van der Waals surface area contributed by atoms with E-state index in [1.165, 1.54) is 4.90 Å². The SMILES string of the molecule is [2H]c1c(N2c3c([2H])c([2H])c([2H])c([2H])c3C(C)(C)C2(C)C)cc2c(c1[2H])B1c3c(c([2H])c(N4c5c([2H])c([2H])c([2H])c([2H])c5C(C)(C)C4(C)C)c([2H])c3N(c3c([2H])c([2H])c(C(C)(C)C)c([2H])c3[2H])c3c1c([2H])c1c4c(oc1c3[2H])CC(C)(C)C4)N2c1c(C)c([2H])c(C(C)(C)C)c([2H])c1C. The maximum Gasteiger partial charge on any atom is 0.252 e. The van der Waals surface area contributed by atoms with Crippen LogP contribution in [0.4, 0.5) is 56.9 Å². The van der Waals surface area contributed by atoms with Crippen molar-refractivity contribution >= 4 is 90.9 Å². The molecule has 4 aliphatic heterocycles. The second kappa shape index (κ2) is 15.8. The van der Waals surface area contributed by atoms with Crippen LogP contribution in [0.15, 0.2) is 131 Å². The number of hydrogen-bond acceptors (Lipinski definition) is 5. The molecule has 8 aromatic rings. The Kier molecular flexibility index (Phi) is 6.61. The zero-order chi connectivity index (χ0) is 72.0. The van der Waals surface area contributed by atoms with Crippen molar-refractivity contribution in [1.82, 2.24) is 0 Å². The molecule has 0 atom stereocenters. The predicted molar refractivity (Wildman–Crippen MR) is 330 cm³/mol. The first-order chi connectivity index (χ1) is 44.4. The molecular weight excluding hydrogens is 936 g/mol. The van der Waals surface area contributed by atoms with Gasteiger partial charge in [0.15, 0.2) is 0 Å². The summed E-state index contributed by atoms with van der Waals surface area (Å²) in [5.41, 5.74) is -6.42. The van der Waals surface area contributed by atoms with Gasteiger partial charge >= 0.3 is 0 Å². The molecule has 0 saturated carbocycles. The fraction of sp³-hybridized carbons (Fsp3) is 0.380. The maximum absolute atomic E-state index is 11.4. The van der Waals surface area contributed by atoms with E-state index in [0.717, 1.165) is 0 Å². The van der Waals surface area contributed by atoms with Crippen LogP contribution in [-0.2, 0) is 34.5 Å². The van der Waals surface area contributed by atoms with Gasteiger partial charge in [-0.2, -0.15) is 0 Å². The summed E-state index contributed by atoms with van der Waals surface area (Å²) >= 11 is 0. The van der Waals surface area contributed by atoms with Gasteiger partial charge < -0.3 is 24.0 Å². The standard InChI is InChI=1S/C71H79BN4O/c1-42-33-45(66(6,7)8)34-43(2)64(42)74-57-35-47(75-55-25-21-19-23-51(55)68(11,12)70(75,15)16)31-32-53(57)72-54-38-49-50-40-67(9,10)41-62(50)77-61(49)39-58(54)73(46-29-27-44(28-30-46)65(3,4)5)59-36-48(37-60(74)63(59)72)76-56-26-22-20-24-52(56)69(13,14)71(76,17)18/h19-39H,40-41H2,1-18H3/i19D,20D,21D,22D,23D,24D,25D,26D,27D,28D,29D,30D,31D,32D,33D,34D,36D,37D,38D,39D. The molecule has 6 heteroatoms. The van der Waals surface area contributed by atoms with Gasteiger partial charge in [0.2, 0.25) is 0 Å². The molecule has 0 unspecified atom stereocenters. The molecule has 1 aliphatic carbocycles. The Bertz CT molecular complexity index is 4960. The van der Waals surface area contributed by atoms with Crippen molar-refractivity contribution in [2.24, 2.45) is 5.41 Å². The molecule has 0 bridgehead atoms. The van der Waals surface area contributed by atoms with Gasteiger partial charge in [0.1, 0.15) is 11.3 Å². The van der Waals surface area contributed by atoms with E-state index < -0.39 is 130 Å². The van der Waals surface area contributed by atoms with Gasteiger partial charge in [0.05, 0.1) is 33.1 Å². The van der Waals surface area contributed by atoms with Crippen LogP contribution in [0.5, 0.6) is 0 Å². The average Bonchev–Trinajstić information content (AvgIpc) is 1.62. The molecule has 0 amide bonds. The quantitative estimate of drug-likeness (QED) is 0.164. The van der Waals surface area contributed by atoms with Crippen molar-refractivity contribution in [3.05, 3.63) is 172 Å². The number of rotatable bonds is 4. The molecule has 13 rings (SSSR count). The first kappa shape index (κ1) is 32.3. The van der Waals surface area contributed by atoms with Gasteiger partial charge in [0.25, 0.3) is 6.71 Å². The first-order valence-corrected chi connectivity index (χ1v) is 26.9. The van der Waals surface area contributed by atoms with Gasteiger partial charge in [-0.25, -0.2) is 0 Å². The van der Waals surface area contributed by atoms with Crippen molar-refractivity contribution in [3.63, 3.8) is 0 Å². The monoisotopic (exact) mass is 1030 g/mol. The Labute approximate surface area is 488 Å². The van der Waals surface area contributed by atoms with E-state index in [1.807, 2.05) is 62.3 Å². The van der Waals surface area contributed by atoms with E-state index in [0.29, 0.717) is 29.7 Å². The van der Waals surface area contributed by atoms with Crippen LogP contribution in [0.25, 0.3) is 11.0 Å². The lowest BCUT2D eigenvalue weighted by Crippen LogP contribution is -2.61. The van der Waals surface area contributed by atoms with E-state index in [1.54, 1.807) is 69.2 Å². The highest BCUT2D eigenvalue weighted by Gasteiger charge is 2.54. The highest BCUT2D eigenvalue weighted by Crippen LogP contribution is 2.59. The summed E-state index contributed by atoms with van der Waals surface area (Å²) in [7, 11) is 0. The summed E-state index contributed by atoms with van der Waals surface area (Å²) in [6.07, 6.45) is 0.825. The summed E-state index contributed by atoms with van der Waals surface area (Å²) in [5, 5.41) is 0.254. The smallest absolute Gasteiger partial charge is 0.252 e. The Balaban J connectivity index is 1.33. The van der Waals surface area contributed by atoms with Crippen molar-refractivity contribution in [1.29, 1.82) is 0 Å². The van der Waals surface area contributed by atoms with E-state index in [9.17, 15) is 23.3 Å². The van der Waals surface area contributed by atoms with E-state index in [2.05, 4.69) is 13.8 Å².